The van der Waals surface area contributed by atoms with Gasteiger partial charge in [-0.05, 0) is 17.7 Å². The van der Waals surface area contributed by atoms with E-state index in [2.05, 4.69) is 20.7 Å². The molecule has 1 aromatic rings. The number of carbonyl (C=O) groups excluding carboxylic acids is 2. The van der Waals surface area contributed by atoms with Gasteiger partial charge in [0.1, 0.15) is 0 Å². The lowest BCUT2D eigenvalue weighted by Gasteiger charge is -1.98. The van der Waals surface area contributed by atoms with Gasteiger partial charge in [-0.25, -0.2) is 4.79 Å². The highest BCUT2D eigenvalue weighted by Crippen LogP contribution is 2.16. The molecule has 1 aromatic carbocycles. The van der Waals surface area contributed by atoms with E-state index in [1.165, 1.54) is 6.08 Å². The van der Waals surface area contributed by atoms with E-state index in [0.717, 1.165) is 10.0 Å². The predicted octanol–water partition coefficient (Wildman–Crippen LogP) is 1.49. The summed E-state index contributed by atoms with van der Waals surface area (Å²) >= 11 is 3.33. The number of hydrogen-bond donors (Lipinski definition) is 1. The number of carbonyl (C=O) groups is 2. The molecular weight excluding hydrogens is 274 g/mol. The third kappa shape index (κ3) is 4.27. The van der Waals surface area contributed by atoms with Gasteiger partial charge in [0, 0.05) is 10.5 Å². The first-order chi connectivity index (χ1) is 7.59. The predicted molar refractivity (Wildman–Crippen MR) is 63.3 cm³/mol. The molecule has 16 heavy (non-hydrogen) atoms. The number of nitrogens with two attached hydrogens (primary N) is 1. The zero-order valence-corrected chi connectivity index (χ0v) is 9.94. The second-order valence-electron chi connectivity index (χ2n) is 2.93. The first-order valence-corrected chi connectivity index (χ1v) is 5.26. The topological polar surface area (TPSA) is 69.4 Å². The average Bonchev–Trinajstić information content (AvgIpc) is 2.25. The molecule has 4 nitrogen and oxygen atoms in total. The van der Waals surface area contributed by atoms with Gasteiger partial charge in [-0.2, -0.15) is 0 Å². The monoisotopic (exact) mass is 283 g/mol. The summed E-state index contributed by atoms with van der Waals surface area (Å²) in [6.07, 6.45) is 2.83. The maximum absolute atomic E-state index is 11.1. The highest BCUT2D eigenvalue weighted by atomic mass is 79.9. The zero-order valence-electron chi connectivity index (χ0n) is 8.35. The van der Waals surface area contributed by atoms with Crippen LogP contribution in [0.3, 0.4) is 0 Å². The Balaban J connectivity index is 2.57. The Kier molecular flexibility index (Phi) is 4.72. The highest BCUT2D eigenvalue weighted by molar-refractivity contribution is 9.10. The van der Waals surface area contributed by atoms with Gasteiger partial charge < -0.3 is 10.5 Å². The molecular formula is C11H10BrNO3. The van der Waals surface area contributed by atoms with Gasteiger partial charge in [-0.3, -0.25) is 4.79 Å². The largest absolute Gasteiger partial charge is 0.452 e. The van der Waals surface area contributed by atoms with E-state index in [1.807, 2.05) is 24.3 Å². The van der Waals surface area contributed by atoms with Crippen molar-refractivity contribution >= 4 is 33.9 Å². The molecule has 84 valence electrons. The third-order valence-electron chi connectivity index (χ3n) is 1.66. The minimum atomic E-state index is -0.678. The van der Waals surface area contributed by atoms with E-state index in [9.17, 15) is 9.59 Å². The van der Waals surface area contributed by atoms with Crippen molar-refractivity contribution in [1.82, 2.24) is 0 Å². The fraction of sp³-hybridized carbons (Fsp3) is 0.0909. The molecule has 0 heterocycles. The number of benzene rings is 1. The molecule has 0 saturated heterocycles. The average molecular weight is 284 g/mol. The SMILES string of the molecule is NC(=O)COC(=O)/C=C/c1ccccc1Br. The maximum Gasteiger partial charge on any atom is 0.331 e. The lowest BCUT2D eigenvalue weighted by atomic mass is 10.2. The van der Waals surface area contributed by atoms with Crippen molar-refractivity contribution in [2.24, 2.45) is 5.73 Å². The van der Waals surface area contributed by atoms with Crippen molar-refractivity contribution in [3.8, 4) is 0 Å². The van der Waals surface area contributed by atoms with E-state index in [1.54, 1.807) is 6.08 Å². The van der Waals surface area contributed by atoms with Crippen LogP contribution < -0.4 is 5.73 Å². The van der Waals surface area contributed by atoms with Crippen molar-refractivity contribution in [3.63, 3.8) is 0 Å². The van der Waals surface area contributed by atoms with E-state index in [-0.39, 0.29) is 0 Å². The van der Waals surface area contributed by atoms with Gasteiger partial charge in [-0.1, -0.05) is 34.1 Å². The van der Waals surface area contributed by atoms with Crippen LogP contribution in [0.5, 0.6) is 0 Å². The van der Waals surface area contributed by atoms with Crippen LogP contribution in [0.4, 0.5) is 0 Å². The quantitative estimate of drug-likeness (QED) is 0.672. The summed E-state index contributed by atoms with van der Waals surface area (Å²) in [6.45, 7) is -0.404. The summed E-state index contributed by atoms with van der Waals surface area (Å²) in [4.78, 5) is 21.4. The molecule has 0 aliphatic carbocycles. The van der Waals surface area contributed by atoms with Gasteiger partial charge in [0.15, 0.2) is 6.61 Å². The Morgan fingerprint density at radius 3 is 2.69 bits per heavy atom. The van der Waals surface area contributed by atoms with Gasteiger partial charge >= 0.3 is 5.97 Å². The number of amides is 1. The molecule has 0 saturated carbocycles. The molecule has 1 amide bonds. The Hall–Kier alpha value is -1.62. The van der Waals surface area contributed by atoms with Crippen molar-refractivity contribution in [1.29, 1.82) is 0 Å². The molecule has 0 unspecified atom stereocenters. The number of halogens is 1. The second-order valence-corrected chi connectivity index (χ2v) is 3.78. The van der Waals surface area contributed by atoms with Crippen LogP contribution in [0.2, 0.25) is 0 Å². The number of ether oxygens (including phenoxy) is 1. The van der Waals surface area contributed by atoms with Crippen molar-refractivity contribution in [2.75, 3.05) is 6.61 Å². The van der Waals surface area contributed by atoms with Crippen LogP contribution >= 0.6 is 15.9 Å². The molecule has 0 aliphatic heterocycles. The summed E-state index contributed by atoms with van der Waals surface area (Å²) in [5.74, 6) is -1.28. The number of rotatable bonds is 4. The summed E-state index contributed by atoms with van der Waals surface area (Å²) in [5.41, 5.74) is 5.67. The summed E-state index contributed by atoms with van der Waals surface area (Å²) in [7, 11) is 0. The molecule has 0 atom stereocenters. The molecule has 2 N–H and O–H groups in total. The number of primary amides is 1. The van der Waals surface area contributed by atoms with Crippen molar-refractivity contribution < 1.29 is 14.3 Å². The summed E-state index contributed by atoms with van der Waals surface area (Å²) < 4.78 is 5.42. The van der Waals surface area contributed by atoms with Gasteiger partial charge in [0.2, 0.25) is 0 Å². The Morgan fingerprint density at radius 1 is 1.38 bits per heavy atom. The van der Waals surface area contributed by atoms with Gasteiger partial charge in [-0.15, -0.1) is 0 Å². The second kappa shape index (κ2) is 6.07. The molecule has 0 fully saturated rings. The smallest absolute Gasteiger partial charge is 0.331 e. The lowest BCUT2D eigenvalue weighted by Crippen LogP contribution is -2.19. The van der Waals surface area contributed by atoms with E-state index in [0.29, 0.717) is 0 Å². The van der Waals surface area contributed by atoms with Crippen LogP contribution in [0.25, 0.3) is 6.08 Å². The highest BCUT2D eigenvalue weighted by Gasteiger charge is 2.00. The molecule has 0 spiro atoms. The number of esters is 1. The van der Waals surface area contributed by atoms with Crippen LogP contribution in [0.15, 0.2) is 34.8 Å². The summed E-state index contributed by atoms with van der Waals surface area (Å²) in [5, 5.41) is 0. The minimum Gasteiger partial charge on any atom is -0.452 e. The standard InChI is InChI=1S/C11H10BrNO3/c12-9-4-2-1-3-8(9)5-6-11(15)16-7-10(13)14/h1-6H,7H2,(H2,13,14)/b6-5+. The van der Waals surface area contributed by atoms with Crippen LogP contribution in [0.1, 0.15) is 5.56 Å². The minimum absolute atomic E-state index is 0.404. The molecule has 5 heteroatoms. The van der Waals surface area contributed by atoms with Crippen LogP contribution in [-0.2, 0) is 14.3 Å². The summed E-state index contributed by atoms with van der Waals surface area (Å²) in [6, 6.07) is 7.41. The molecule has 0 aromatic heterocycles. The molecule has 1 rings (SSSR count). The van der Waals surface area contributed by atoms with E-state index in [4.69, 9.17) is 5.73 Å². The number of hydrogen-bond acceptors (Lipinski definition) is 3. The van der Waals surface area contributed by atoms with Crippen LogP contribution in [-0.4, -0.2) is 18.5 Å². The fourth-order valence-electron chi connectivity index (χ4n) is 0.958. The molecule has 0 bridgehead atoms. The Morgan fingerprint density at radius 2 is 2.06 bits per heavy atom. The van der Waals surface area contributed by atoms with Crippen molar-refractivity contribution in [3.05, 3.63) is 40.4 Å². The first kappa shape index (κ1) is 12.4. The van der Waals surface area contributed by atoms with Gasteiger partial charge in [0.05, 0.1) is 0 Å². The Bertz CT molecular complexity index is 429. The zero-order chi connectivity index (χ0) is 12.0. The fourth-order valence-corrected chi connectivity index (χ4v) is 1.38. The van der Waals surface area contributed by atoms with Crippen LogP contribution in [0, 0.1) is 0 Å². The maximum atomic E-state index is 11.1. The van der Waals surface area contributed by atoms with E-state index >= 15 is 0 Å². The van der Waals surface area contributed by atoms with E-state index < -0.39 is 18.5 Å². The van der Waals surface area contributed by atoms with Crippen molar-refractivity contribution in [2.45, 2.75) is 0 Å². The first-order valence-electron chi connectivity index (χ1n) is 4.47. The Labute approximate surface area is 101 Å². The normalized spacial score (nSPS) is 10.3. The van der Waals surface area contributed by atoms with Gasteiger partial charge in [0.25, 0.3) is 5.91 Å². The lowest BCUT2D eigenvalue weighted by molar-refractivity contribution is -0.142. The molecule has 0 aliphatic rings. The third-order valence-corrected chi connectivity index (χ3v) is 2.38. The molecule has 0 radical (unpaired) electrons.